The summed E-state index contributed by atoms with van der Waals surface area (Å²) in [5, 5.41) is 0. The molecule has 2 rings (SSSR count). The molecule has 0 bridgehead atoms. The highest BCUT2D eigenvalue weighted by molar-refractivity contribution is 8.01. The molecular weight excluding hydrogens is 240 g/mol. The van der Waals surface area contributed by atoms with Crippen LogP contribution in [-0.2, 0) is 0 Å². The summed E-state index contributed by atoms with van der Waals surface area (Å²) in [5.41, 5.74) is 6.47. The minimum absolute atomic E-state index is 0.742. The standard InChI is InChI=1S/C11H14N2OS2/c1-14-8-3-4-10-9(7-8)13-11(16-10)15-6-2-5-12/h3-4,7H,2,5-6,12H2,1H3. The first-order valence-electron chi connectivity index (χ1n) is 5.11. The molecule has 0 spiro atoms. The molecule has 0 aliphatic heterocycles. The Morgan fingerprint density at radius 3 is 3.12 bits per heavy atom. The number of aromatic nitrogens is 1. The topological polar surface area (TPSA) is 48.1 Å². The predicted molar refractivity (Wildman–Crippen MR) is 70.6 cm³/mol. The van der Waals surface area contributed by atoms with E-state index in [0.29, 0.717) is 0 Å². The van der Waals surface area contributed by atoms with Gasteiger partial charge in [-0.3, -0.25) is 0 Å². The van der Waals surface area contributed by atoms with Crippen molar-refractivity contribution in [2.75, 3.05) is 19.4 Å². The summed E-state index contributed by atoms with van der Waals surface area (Å²) in [6, 6.07) is 5.99. The summed E-state index contributed by atoms with van der Waals surface area (Å²) in [6.45, 7) is 0.742. The molecule has 0 radical (unpaired) electrons. The lowest BCUT2D eigenvalue weighted by Gasteiger charge is -1.96. The fourth-order valence-electron chi connectivity index (χ4n) is 1.32. The molecule has 3 nitrogen and oxygen atoms in total. The largest absolute Gasteiger partial charge is 0.497 e. The summed E-state index contributed by atoms with van der Waals surface area (Å²) in [4.78, 5) is 4.55. The number of nitrogens with zero attached hydrogens (tertiary/aromatic N) is 1. The molecule has 1 aromatic carbocycles. The summed E-state index contributed by atoms with van der Waals surface area (Å²) < 4.78 is 7.48. The lowest BCUT2D eigenvalue weighted by molar-refractivity contribution is 0.415. The molecule has 1 aromatic heterocycles. The van der Waals surface area contributed by atoms with E-state index in [1.165, 1.54) is 4.70 Å². The number of hydrogen-bond acceptors (Lipinski definition) is 5. The monoisotopic (exact) mass is 254 g/mol. The third-order valence-corrected chi connectivity index (χ3v) is 4.41. The van der Waals surface area contributed by atoms with Crippen LogP contribution in [0.1, 0.15) is 6.42 Å². The number of nitrogens with two attached hydrogens (primary N) is 1. The van der Waals surface area contributed by atoms with E-state index >= 15 is 0 Å². The Labute approximate surface area is 103 Å². The number of hydrogen-bond donors (Lipinski definition) is 1. The molecule has 2 aromatic rings. The van der Waals surface area contributed by atoms with Gasteiger partial charge in [-0.1, -0.05) is 11.8 Å². The van der Waals surface area contributed by atoms with Crippen LogP contribution in [0.15, 0.2) is 22.5 Å². The van der Waals surface area contributed by atoms with Gasteiger partial charge in [0.2, 0.25) is 0 Å². The second-order valence-electron chi connectivity index (χ2n) is 3.30. The van der Waals surface area contributed by atoms with Crippen molar-refractivity contribution < 1.29 is 4.74 Å². The Kier molecular flexibility index (Phi) is 4.04. The van der Waals surface area contributed by atoms with Crippen molar-refractivity contribution in [1.82, 2.24) is 4.98 Å². The first kappa shape index (κ1) is 11.7. The number of rotatable bonds is 5. The summed E-state index contributed by atoms with van der Waals surface area (Å²) in [5.74, 6) is 1.89. The van der Waals surface area contributed by atoms with E-state index in [1.54, 1.807) is 30.2 Å². The van der Waals surface area contributed by atoms with E-state index in [2.05, 4.69) is 11.1 Å². The Bertz CT molecular complexity index is 470. The maximum absolute atomic E-state index is 5.46. The molecule has 0 fully saturated rings. The number of ether oxygens (including phenoxy) is 1. The second kappa shape index (κ2) is 5.52. The summed E-state index contributed by atoms with van der Waals surface area (Å²) in [6.07, 6.45) is 1.03. The highest BCUT2D eigenvalue weighted by Gasteiger charge is 2.05. The second-order valence-corrected chi connectivity index (χ2v) is 5.68. The third kappa shape index (κ3) is 2.66. The van der Waals surface area contributed by atoms with Gasteiger partial charge in [-0.2, -0.15) is 0 Å². The summed E-state index contributed by atoms with van der Waals surface area (Å²) >= 11 is 3.49. The van der Waals surface area contributed by atoms with E-state index < -0.39 is 0 Å². The van der Waals surface area contributed by atoms with Gasteiger partial charge in [-0.25, -0.2) is 4.98 Å². The van der Waals surface area contributed by atoms with Crippen molar-refractivity contribution in [2.24, 2.45) is 5.73 Å². The van der Waals surface area contributed by atoms with Crippen molar-refractivity contribution in [2.45, 2.75) is 10.8 Å². The molecule has 0 unspecified atom stereocenters. The van der Waals surface area contributed by atoms with Gasteiger partial charge < -0.3 is 10.5 Å². The van der Waals surface area contributed by atoms with Crippen molar-refractivity contribution in [3.05, 3.63) is 18.2 Å². The number of benzene rings is 1. The minimum Gasteiger partial charge on any atom is -0.497 e. The van der Waals surface area contributed by atoms with Crippen LogP contribution in [0.2, 0.25) is 0 Å². The smallest absolute Gasteiger partial charge is 0.151 e. The average Bonchev–Trinajstić information content (AvgIpc) is 2.70. The van der Waals surface area contributed by atoms with Crippen molar-refractivity contribution in [3.8, 4) is 5.75 Å². The van der Waals surface area contributed by atoms with Crippen LogP contribution in [0.25, 0.3) is 10.2 Å². The van der Waals surface area contributed by atoms with Crippen molar-refractivity contribution >= 4 is 33.3 Å². The van der Waals surface area contributed by atoms with Gasteiger partial charge in [0.15, 0.2) is 4.34 Å². The number of thioether (sulfide) groups is 1. The van der Waals surface area contributed by atoms with Gasteiger partial charge in [-0.05, 0) is 25.1 Å². The fourth-order valence-corrected chi connectivity index (χ4v) is 3.40. The molecule has 2 N–H and O–H groups in total. The Morgan fingerprint density at radius 2 is 2.38 bits per heavy atom. The normalized spacial score (nSPS) is 10.9. The Hall–Kier alpha value is -0.780. The van der Waals surface area contributed by atoms with Gasteiger partial charge in [0.1, 0.15) is 5.75 Å². The Morgan fingerprint density at radius 1 is 1.50 bits per heavy atom. The maximum Gasteiger partial charge on any atom is 0.151 e. The number of methoxy groups -OCH3 is 1. The SMILES string of the molecule is COc1ccc2sc(SCCCN)nc2c1. The molecule has 16 heavy (non-hydrogen) atoms. The molecule has 0 aliphatic carbocycles. The zero-order valence-corrected chi connectivity index (χ0v) is 10.7. The van der Waals surface area contributed by atoms with Crippen molar-refractivity contribution in [3.63, 3.8) is 0 Å². The van der Waals surface area contributed by atoms with E-state index in [0.717, 1.165) is 34.3 Å². The molecule has 0 saturated heterocycles. The summed E-state index contributed by atoms with van der Waals surface area (Å²) in [7, 11) is 1.67. The van der Waals surface area contributed by atoms with Crippen LogP contribution in [0.3, 0.4) is 0 Å². The zero-order valence-electron chi connectivity index (χ0n) is 9.10. The first-order valence-corrected chi connectivity index (χ1v) is 6.91. The maximum atomic E-state index is 5.46. The molecular formula is C11H14N2OS2. The molecule has 0 amide bonds. The highest BCUT2D eigenvalue weighted by Crippen LogP contribution is 2.31. The van der Waals surface area contributed by atoms with Gasteiger partial charge in [0, 0.05) is 11.8 Å². The van der Waals surface area contributed by atoms with E-state index in [4.69, 9.17) is 10.5 Å². The van der Waals surface area contributed by atoms with Gasteiger partial charge in [0.25, 0.3) is 0 Å². The van der Waals surface area contributed by atoms with Gasteiger partial charge >= 0.3 is 0 Å². The van der Waals surface area contributed by atoms with E-state index in [1.807, 2.05) is 12.1 Å². The molecule has 0 atom stereocenters. The highest BCUT2D eigenvalue weighted by atomic mass is 32.2. The molecule has 1 heterocycles. The number of fused-ring (bicyclic) bond motifs is 1. The first-order chi connectivity index (χ1) is 7.83. The van der Waals surface area contributed by atoms with E-state index in [9.17, 15) is 0 Å². The third-order valence-electron chi connectivity index (χ3n) is 2.15. The average molecular weight is 254 g/mol. The van der Waals surface area contributed by atoms with Crippen LogP contribution in [0.5, 0.6) is 5.75 Å². The van der Waals surface area contributed by atoms with E-state index in [-0.39, 0.29) is 0 Å². The van der Waals surface area contributed by atoms with Crippen LogP contribution < -0.4 is 10.5 Å². The lowest BCUT2D eigenvalue weighted by atomic mass is 10.3. The van der Waals surface area contributed by atoms with Crippen LogP contribution in [0, 0.1) is 0 Å². The van der Waals surface area contributed by atoms with Gasteiger partial charge in [-0.15, -0.1) is 11.3 Å². The molecule has 86 valence electrons. The van der Waals surface area contributed by atoms with Crippen LogP contribution in [-0.4, -0.2) is 24.4 Å². The minimum atomic E-state index is 0.742. The molecule has 0 saturated carbocycles. The van der Waals surface area contributed by atoms with Gasteiger partial charge in [0.05, 0.1) is 17.3 Å². The van der Waals surface area contributed by atoms with Crippen molar-refractivity contribution in [1.29, 1.82) is 0 Å². The molecule has 5 heteroatoms. The quantitative estimate of drug-likeness (QED) is 0.658. The lowest BCUT2D eigenvalue weighted by Crippen LogP contribution is -1.98. The van der Waals surface area contributed by atoms with Crippen LogP contribution in [0.4, 0.5) is 0 Å². The fraction of sp³-hybridized carbons (Fsp3) is 0.364. The molecule has 0 aliphatic rings. The number of thiazole rings is 1. The zero-order chi connectivity index (χ0) is 11.4. The Balaban J connectivity index is 2.16. The van der Waals surface area contributed by atoms with Crippen LogP contribution >= 0.6 is 23.1 Å². The predicted octanol–water partition coefficient (Wildman–Crippen LogP) is 2.75.